The first-order valence-electron chi connectivity index (χ1n) is 9.05. The van der Waals surface area contributed by atoms with Crippen molar-refractivity contribution in [2.45, 2.75) is 24.8 Å². The summed E-state index contributed by atoms with van der Waals surface area (Å²) in [5.74, 6) is 1.54. The molecule has 0 aliphatic heterocycles. The van der Waals surface area contributed by atoms with Crippen molar-refractivity contribution in [3.63, 3.8) is 0 Å². The number of methoxy groups -OCH3 is 1. The maximum atomic E-state index is 9.69. The second-order valence-electron chi connectivity index (χ2n) is 6.20. The number of nitrogens with one attached hydrogen (secondary N) is 1. The summed E-state index contributed by atoms with van der Waals surface area (Å²) in [5, 5.41) is 13.0. The number of halogens is 1. The Labute approximate surface area is 189 Å². The van der Waals surface area contributed by atoms with Gasteiger partial charge in [-0.3, -0.25) is 4.99 Å². The van der Waals surface area contributed by atoms with Crippen LogP contribution in [0.2, 0.25) is 0 Å². The molecule has 0 radical (unpaired) electrons. The number of aliphatic imine (C=N–C) groups is 1. The summed E-state index contributed by atoms with van der Waals surface area (Å²) in [7, 11) is 3.61. The molecule has 0 fully saturated rings. The van der Waals surface area contributed by atoms with Crippen molar-refractivity contribution in [1.82, 2.24) is 10.2 Å². The zero-order valence-electron chi connectivity index (χ0n) is 16.9. The number of guanidine groups is 1. The van der Waals surface area contributed by atoms with E-state index in [1.54, 1.807) is 24.9 Å². The van der Waals surface area contributed by atoms with E-state index in [-0.39, 0.29) is 29.7 Å². The molecule has 154 valence electrons. The number of nitrogens with zero attached hydrogens (tertiary/aromatic N) is 2. The molecule has 2 N–H and O–H groups in total. The van der Waals surface area contributed by atoms with Crippen molar-refractivity contribution < 1.29 is 9.84 Å². The number of phenolic OH excluding ortho intramolecular Hbond substituents is 1. The molecule has 0 spiro atoms. The summed E-state index contributed by atoms with van der Waals surface area (Å²) in [4.78, 5) is 8.14. The maximum absolute atomic E-state index is 9.69. The fourth-order valence-electron chi connectivity index (χ4n) is 2.72. The van der Waals surface area contributed by atoms with Gasteiger partial charge in [-0.05, 0) is 55.0 Å². The number of rotatable bonds is 8. The first kappa shape index (κ1) is 24.4. The van der Waals surface area contributed by atoms with Gasteiger partial charge in [-0.25, -0.2) is 0 Å². The van der Waals surface area contributed by atoms with E-state index in [0.29, 0.717) is 12.3 Å². The third kappa shape index (κ3) is 7.43. The van der Waals surface area contributed by atoms with E-state index in [2.05, 4.69) is 47.7 Å². The van der Waals surface area contributed by atoms with Crippen molar-refractivity contribution in [1.29, 1.82) is 0 Å². The molecule has 0 amide bonds. The molecular weight excluding hydrogens is 485 g/mol. The lowest BCUT2D eigenvalue weighted by atomic mass is 10.1. The molecule has 0 heterocycles. The van der Waals surface area contributed by atoms with Crippen LogP contribution in [0, 0.1) is 0 Å². The third-order valence-electron chi connectivity index (χ3n) is 4.18. The van der Waals surface area contributed by atoms with Crippen LogP contribution in [-0.2, 0) is 13.0 Å². The smallest absolute Gasteiger partial charge is 0.193 e. The van der Waals surface area contributed by atoms with Crippen molar-refractivity contribution in [2.75, 3.05) is 33.5 Å². The first-order chi connectivity index (χ1) is 13.1. The molecule has 2 rings (SSSR count). The van der Waals surface area contributed by atoms with Crippen LogP contribution in [0.3, 0.4) is 0 Å². The fourth-order valence-corrected chi connectivity index (χ4v) is 3.13. The molecular formula is C21H30IN3O2S. The average molecular weight is 515 g/mol. The molecule has 0 saturated carbocycles. The third-order valence-corrected chi connectivity index (χ3v) is 4.93. The Balaban J connectivity index is 0.00000392. The zero-order valence-corrected chi connectivity index (χ0v) is 20.1. The molecule has 0 aliphatic carbocycles. The van der Waals surface area contributed by atoms with Crippen molar-refractivity contribution in [3.8, 4) is 11.5 Å². The second-order valence-corrected chi connectivity index (χ2v) is 7.08. The highest BCUT2D eigenvalue weighted by Crippen LogP contribution is 2.26. The summed E-state index contributed by atoms with van der Waals surface area (Å²) in [6, 6.07) is 14.0. The SMILES string of the molecule is CCNC(=NCCc1ccc(O)c(OC)c1)N(C)Cc1ccc(SC)cc1.I. The standard InChI is InChI=1S/C21H29N3O2S.HI/c1-5-22-21(24(2)15-17-6-9-18(27-4)10-7-17)23-13-12-16-8-11-19(25)20(14-16)26-3;/h6-11,14,25H,5,12-13,15H2,1-4H3,(H,22,23);1H. The summed E-state index contributed by atoms with van der Waals surface area (Å²) >= 11 is 1.75. The van der Waals surface area contributed by atoms with Gasteiger partial charge in [0.25, 0.3) is 0 Å². The van der Waals surface area contributed by atoms with Gasteiger partial charge in [-0.15, -0.1) is 35.7 Å². The minimum atomic E-state index is 0. The summed E-state index contributed by atoms with van der Waals surface area (Å²) in [6.07, 6.45) is 2.86. The molecule has 0 saturated heterocycles. The van der Waals surface area contributed by atoms with Crippen LogP contribution in [0.25, 0.3) is 0 Å². The molecule has 28 heavy (non-hydrogen) atoms. The van der Waals surface area contributed by atoms with E-state index >= 15 is 0 Å². The van der Waals surface area contributed by atoms with Gasteiger partial charge in [0.15, 0.2) is 17.5 Å². The Morgan fingerprint density at radius 1 is 1.18 bits per heavy atom. The molecule has 0 bridgehead atoms. The van der Waals surface area contributed by atoms with Gasteiger partial charge in [-0.2, -0.15) is 0 Å². The normalized spacial score (nSPS) is 10.9. The van der Waals surface area contributed by atoms with Crippen LogP contribution >= 0.6 is 35.7 Å². The highest BCUT2D eigenvalue weighted by molar-refractivity contribution is 14.0. The van der Waals surface area contributed by atoms with Crippen molar-refractivity contribution in [2.24, 2.45) is 4.99 Å². The summed E-state index contributed by atoms with van der Waals surface area (Å²) in [5.41, 5.74) is 2.34. The summed E-state index contributed by atoms with van der Waals surface area (Å²) < 4.78 is 5.16. The molecule has 0 aromatic heterocycles. The van der Waals surface area contributed by atoms with Gasteiger partial charge in [0.05, 0.1) is 7.11 Å². The zero-order chi connectivity index (χ0) is 19.6. The van der Waals surface area contributed by atoms with E-state index in [1.165, 1.54) is 10.5 Å². The van der Waals surface area contributed by atoms with Crippen molar-refractivity contribution in [3.05, 3.63) is 53.6 Å². The predicted octanol–water partition coefficient (Wildman–Crippen LogP) is 4.38. The molecule has 5 nitrogen and oxygen atoms in total. The number of thioether (sulfide) groups is 1. The number of hydrogen-bond donors (Lipinski definition) is 2. The number of benzene rings is 2. The monoisotopic (exact) mass is 515 g/mol. The Kier molecular flexibility index (Phi) is 11.1. The summed E-state index contributed by atoms with van der Waals surface area (Å²) in [6.45, 7) is 4.35. The molecule has 2 aromatic rings. The van der Waals surface area contributed by atoms with Gasteiger partial charge < -0.3 is 20.1 Å². The lowest BCUT2D eigenvalue weighted by Crippen LogP contribution is -2.38. The number of ether oxygens (including phenoxy) is 1. The van der Waals surface area contributed by atoms with Gasteiger partial charge in [0.1, 0.15) is 0 Å². The van der Waals surface area contributed by atoms with Crippen LogP contribution in [0.5, 0.6) is 11.5 Å². The Morgan fingerprint density at radius 2 is 1.86 bits per heavy atom. The number of aromatic hydroxyl groups is 1. The average Bonchev–Trinajstić information content (AvgIpc) is 2.69. The van der Waals surface area contributed by atoms with E-state index in [0.717, 1.165) is 31.0 Å². The fraction of sp³-hybridized carbons (Fsp3) is 0.381. The van der Waals surface area contributed by atoms with Crippen LogP contribution in [-0.4, -0.2) is 49.5 Å². The Hall–Kier alpha value is -1.61. The molecule has 7 heteroatoms. The predicted molar refractivity (Wildman–Crippen MR) is 129 cm³/mol. The van der Waals surface area contributed by atoms with Gasteiger partial charge in [0.2, 0.25) is 0 Å². The van der Waals surface area contributed by atoms with Gasteiger partial charge in [0, 0.05) is 31.6 Å². The maximum Gasteiger partial charge on any atom is 0.193 e. The lowest BCUT2D eigenvalue weighted by molar-refractivity contribution is 0.373. The van der Waals surface area contributed by atoms with Crippen LogP contribution in [0.1, 0.15) is 18.1 Å². The second kappa shape index (κ2) is 12.8. The Bertz CT molecular complexity index is 754. The van der Waals surface area contributed by atoms with E-state index in [9.17, 15) is 5.11 Å². The van der Waals surface area contributed by atoms with Crippen molar-refractivity contribution >= 4 is 41.7 Å². The van der Waals surface area contributed by atoms with E-state index < -0.39 is 0 Å². The highest BCUT2D eigenvalue weighted by atomic mass is 127. The molecule has 0 unspecified atom stereocenters. The minimum absolute atomic E-state index is 0. The molecule has 0 atom stereocenters. The van der Waals surface area contributed by atoms with E-state index in [4.69, 9.17) is 9.73 Å². The van der Waals surface area contributed by atoms with Crippen LogP contribution in [0.15, 0.2) is 52.4 Å². The lowest BCUT2D eigenvalue weighted by Gasteiger charge is -2.22. The molecule has 0 aliphatic rings. The van der Waals surface area contributed by atoms with Gasteiger partial charge in [-0.1, -0.05) is 18.2 Å². The largest absolute Gasteiger partial charge is 0.504 e. The first-order valence-corrected chi connectivity index (χ1v) is 10.3. The quantitative estimate of drug-likeness (QED) is 0.237. The van der Waals surface area contributed by atoms with Crippen LogP contribution < -0.4 is 10.1 Å². The number of phenols is 1. The van der Waals surface area contributed by atoms with Crippen LogP contribution in [0.4, 0.5) is 0 Å². The van der Waals surface area contributed by atoms with Gasteiger partial charge >= 0.3 is 0 Å². The topological polar surface area (TPSA) is 57.1 Å². The number of hydrogen-bond acceptors (Lipinski definition) is 4. The minimum Gasteiger partial charge on any atom is -0.504 e. The highest BCUT2D eigenvalue weighted by Gasteiger charge is 2.07. The van der Waals surface area contributed by atoms with E-state index in [1.807, 2.05) is 19.2 Å². The Morgan fingerprint density at radius 3 is 2.46 bits per heavy atom. The molecule has 2 aromatic carbocycles.